The molecule has 1 aliphatic rings. The van der Waals surface area contributed by atoms with Crippen LogP contribution in [0.4, 0.5) is 11.4 Å². The molecule has 1 heterocycles. The van der Waals surface area contributed by atoms with Gasteiger partial charge in [-0.2, -0.15) is 0 Å². The lowest BCUT2D eigenvalue weighted by atomic mass is 10.0. The fraction of sp³-hybridized carbons (Fsp3) is 0.533. The second-order valence-electron chi connectivity index (χ2n) is 6.00. The lowest BCUT2D eigenvalue weighted by Gasteiger charge is -2.31. The zero-order valence-electron chi connectivity index (χ0n) is 11.9. The third kappa shape index (κ3) is 3.63. The molecular formula is C15H22N2O2. The van der Waals surface area contributed by atoms with Crippen molar-refractivity contribution in [2.75, 3.05) is 23.7 Å². The molecule has 1 aromatic carbocycles. The number of esters is 1. The van der Waals surface area contributed by atoms with Gasteiger partial charge in [0, 0.05) is 17.9 Å². The first kappa shape index (κ1) is 13.7. The van der Waals surface area contributed by atoms with Crippen LogP contribution in [0.5, 0.6) is 0 Å². The van der Waals surface area contributed by atoms with E-state index in [1.54, 1.807) is 0 Å². The lowest BCUT2D eigenvalue weighted by molar-refractivity contribution is -0.153. The van der Waals surface area contributed by atoms with E-state index in [1.165, 1.54) is 5.56 Å². The molecule has 0 bridgehead atoms. The predicted molar refractivity (Wildman–Crippen MR) is 77.2 cm³/mol. The zero-order chi connectivity index (χ0) is 14.0. The first-order valence-corrected chi connectivity index (χ1v) is 6.70. The molecule has 1 aromatic rings. The van der Waals surface area contributed by atoms with Gasteiger partial charge in [0.15, 0.2) is 0 Å². The Balaban J connectivity index is 2.09. The Morgan fingerprint density at radius 1 is 1.42 bits per heavy atom. The summed E-state index contributed by atoms with van der Waals surface area (Å²) in [7, 11) is 0. The van der Waals surface area contributed by atoms with Crippen molar-refractivity contribution in [3.8, 4) is 0 Å². The lowest BCUT2D eigenvalue weighted by Crippen LogP contribution is -2.37. The van der Waals surface area contributed by atoms with Crippen molar-refractivity contribution in [2.45, 2.75) is 39.2 Å². The number of carbonyl (C=O) groups excluding carboxylic acids is 1. The average Bonchev–Trinajstić information content (AvgIpc) is 2.26. The third-order valence-electron chi connectivity index (χ3n) is 3.06. The molecule has 19 heavy (non-hydrogen) atoms. The first-order valence-electron chi connectivity index (χ1n) is 6.70. The first-order chi connectivity index (χ1) is 8.85. The molecule has 0 saturated carbocycles. The highest BCUT2D eigenvalue weighted by Crippen LogP contribution is 2.28. The van der Waals surface area contributed by atoms with Gasteiger partial charge in [0.1, 0.15) is 12.1 Å². The summed E-state index contributed by atoms with van der Waals surface area (Å²) in [6.45, 7) is 6.84. The molecule has 1 aliphatic heterocycles. The number of carbonyl (C=O) groups is 1. The molecule has 104 valence electrons. The van der Waals surface area contributed by atoms with Gasteiger partial charge in [0.2, 0.25) is 0 Å². The van der Waals surface area contributed by atoms with Crippen LogP contribution in [-0.4, -0.2) is 24.7 Å². The van der Waals surface area contributed by atoms with Crippen molar-refractivity contribution in [2.24, 2.45) is 0 Å². The summed E-state index contributed by atoms with van der Waals surface area (Å²) < 4.78 is 5.37. The second kappa shape index (κ2) is 5.11. The van der Waals surface area contributed by atoms with E-state index < -0.39 is 5.60 Å². The van der Waals surface area contributed by atoms with Gasteiger partial charge in [-0.1, -0.05) is 0 Å². The number of fused-ring (bicyclic) bond motifs is 1. The van der Waals surface area contributed by atoms with Gasteiger partial charge in [0.05, 0.1) is 0 Å². The third-order valence-corrected chi connectivity index (χ3v) is 3.06. The topological polar surface area (TPSA) is 55.6 Å². The molecule has 0 aliphatic carbocycles. The van der Waals surface area contributed by atoms with Gasteiger partial charge in [0.25, 0.3) is 0 Å². The van der Waals surface area contributed by atoms with E-state index in [0.29, 0.717) is 6.54 Å². The molecule has 4 nitrogen and oxygen atoms in total. The number of anilines is 2. The fourth-order valence-electron chi connectivity index (χ4n) is 2.39. The van der Waals surface area contributed by atoms with Crippen LogP contribution < -0.4 is 10.6 Å². The molecule has 0 radical (unpaired) electrons. The smallest absolute Gasteiger partial charge is 0.326 e. The van der Waals surface area contributed by atoms with E-state index in [9.17, 15) is 4.79 Å². The highest BCUT2D eigenvalue weighted by molar-refractivity contribution is 5.77. The number of rotatable bonds is 2. The van der Waals surface area contributed by atoms with Gasteiger partial charge in [-0.25, -0.2) is 0 Å². The Bertz CT molecular complexity index is 478. The highest BCUT2D eigenvalue weighted by Gasteiger charge is 2.22. The minimum absolute atomic E-state index is 0.183. The molecular weight excluding hydrogens is 240 g/mol. The Morgan fingerprint density at radius 3 is 2.84 bits per heavy atom. The van der Waals surface area contributed by atoms with Crippen molar-refractivity contribution in [3.63, 3.8) is 0 Å². The molecule has 0 atom stereocenters. The van der Waals surface area contributed by atoms with Gasteiger partial charge >= 0.3 is 5.97 Å². The molecule has 0 unspecified atom stereocenters. The van der Waals surface area contributed by atoms with Crippen LogP contribution in [0.25, 0.3) is 0 Å². The summed E-state index contributed by atoms with van der Waals surface area (Å²) in [5.74, 6) is -0.183. The van der Waals surface area contributed by atoms with E-state index in [0.717, 1.165) is 30.8 Å². The van der Waals surface area contributed by atoms with E-state index in [1.807, 2.05) is 39.0 Å². The minimum atomic E-state index is -0.434. The SMILES string of the molecule is CC(C)(C)OC(=O)CN1CCCc2cc(N)ccc21. The van der Waals surface area contributed by atoms with Crippen molar-refractivity contribution < 1.29 is 9.53 Å². The monoisotopic (exact) mass is 262 g/mol. The number of nitrogens with two attached hydrogens (primary N) is 1. The number of nitrogen functional groups attached to an aromatic ring is 1. The van der Waals surface area contributed by atoms with Crippen molar-refractivity contribution in [3.05, 3.63) is 23.8 Å². The molecule has 0 saturated heterocycles. The highest BCUT2D eigenvalue weighted by atomic mass is 16.6. The number of benzene rings is 1. The molecule has 2 N–H and O–H groups in total. The Labute approximate surface area is 114 Å². The van der Waals surface area contributed by atoms with Crippen LogP contribution in [-0.2, 0) is 16.0 Å². The molecule has 0 fully saturated rings. The Morgan fingerprint density at radius 2 is 2.16 bits per heavy atom. The molecule has 0 amide bonds. The van der Waals surface area contributed by atoms with E-state index in [2.05, 4.69) is 4.90 Å². The standard InChI is InChI=1S/C15H22N2O2/c1-15(2,3)19-14(18)10-17-8-4-5-11-9-12(16)6-7-13(11)17/h6-7,9H,4-5,8,10,16H2,1-3H3. The van der Waals surface area contributed by atoms with Gasteiger partial charge in [-0.3, -0.25) is 4.79 Å². The van der Waals surface area contributed by atoms with Crippen molar-refractivity contribution >= 4 is 17.3 Å². The fourth-order valence-corrected chi connectivity index (χ4v) is 2.39. The van der Waals surface area contributed by atoms with Gasteiger partial charge in [-0.05, 0) is 57.4 Å². The molecule has 4 heteroatoms. The average molecular weight is 262 g/mol. The van der Waals surface area contributed by atoms with Crippen LogP contribution in [0, 0.1) is 0 Å². The normalized spacial score (nSPS) is 15.0. The number of hydrogen-bond donors (Lipinski definition) is 1. The van der Waals surface area contributed by atoms with Crippen LogP contribution >= 0.6 is 0 Å². The maximum atomic E-state index is 11.9. The second-order valence-corrected chi connectivity index (χ2v) is 6.00. The minimum Gasteiger partial charge on any atom is -0.459 e. The van der Waals surface area contributed by atoms with Crippen molar-refractivity contribution in [1.82, 2.24) is 0 Å². The van der Waals surface area contributed by atoms with Crippen LogP contribution in [0.2, 0.25) is 0 Å². The van der Waals surface area contributed by atoms with Gasteiger partial charge < -0.3 is 15.4 Å². The maximum Gasteiger partial charge on any atom is 0.326 e. The number of nitrogens with zero attached hydrogens (tertiary/aromatic N) is 1. The zero-order valence-corrected chi connectivity index (χ0v) is 11.9. The maximum absolute atomic E-state index is 11.9. The number of aryl methyl sites for hydroxylation is 1. The Kier molecular flexibility index (Phi) is 3.69. The summed E-state index contributed by atoms with van der Waals surface area (Å²) in [5, 5.41) is 0. The summed E-state index contributed by atoms with van der Waals surface area (Å²) in [5.41, 5.74) is 8.46. The number of hydrogen-bond acceptors (Lipinski definition) is 4. The van der Waals surface area contributed by atoms with E-state index >= 15 is 0 Å². The summed E-state index contributed by atoms with van der Waals surface area (Å²) in [6.07, 6.45) is 2.06. The van der Waals surface area contributed by atoms with E-state index in [4.69, 9.17) is 10.5 Å². The molecule has 0 spiro atoms. The summed E-state index contributed by atoms with van der Waals surface area (Å²) in [6, 6.07) is 5.87. The summed E-state index contributed by atoms with van der Waals surface area (Å²) in [4.78, 5) is 14.0. The van der Waals surface area contributed by atoms with Crippen LogP contribution in [0.15, 0.2) is 18.2 Å². The Hall–Kier alpha value is -1.71. The van der Waals surface area contributed by atoms with E-state index in [-0.39, 0.29) is 5.97 Å². The summed E-state index contributed by atoms with van der Waals surface area (Å²) >= 11 is 0. The van der Waals surface area contributed by atoms with Crippen LogP contribution in [0.1, 0.15) is 32.8 Å². The molecule has 0 aromatic heterocycles. The van der Waals surface area contributed by atoms with Gasteiger partial charge in [-0.15, -0.1) is 0 Å². The number of ether oxygens (including phenoxy) is 1. The molecule has 2 rings (SSSR count). The van der Waals surface area contributed by atoms with Crippen LogP contribution in [0.3, 0.4) is 0 Å². The largest absolute Gasteiger partial charge is 0.459 e. The predicted octanol–water partition coefficient (Wildman–Crippen LogP) is 2.36. The quantitative estimate of drug-likeness (QED) is 0.656. The van der Waals surface area contributed by atoms with Crippen molar-refractivity contribution in [1.29, 1.82) is 0 Å².